The first-order chi connectivity index (χ1) is 18.9. The Morgan fingerprint density at radius 3 is 1.35 bits per heavy atom. The summed E-state index contributed by atoms with van der Waals surface area (Å²) in [6, 6.07) is 0. The molecule has 1 rings (SSSR count). The normalized spacial score (nSPS) is 16.5. The standard InChI is InChI=1S/C21H41N5O5.C5H12O.CH2O2/c1-4-23-7-9-24(15-19(27)22-6-5-18(2)3)11-12-26(17-21(30)31)14-13-25(10-8-23)16-20(28)29;1-5(2)3-4-6;2-1-3/h18H,4-17H2,1-3H3,(H,22,27)(H,28,29)(H,30,31);5-6H,3-4H2,1-2H3;1H,(H,2,3). The summed E-state index contributed by atoms with van der Waals surface area (Å²) >= 11 is 0. The number of hydrogen-bond donors (Lipinski definition) is 5. The van der Waals surface area contributed by atoms with Crippen LogP contribution in [0.15, 0.2) is 0 Å². The van der Waals surface area contributed by atoms with Gasteiger partial charge in [0.2, 0.25) is 5.91 Å². The SMILES string of the molecule is CC(C)CCO.CCN1CCN(CC(=O)O)CCN(CC(=O)O)CCN(CC(=O)NCCC(C)C)CC1.O=CO. The third kappa shape index (κ3) is 25.9. The summed E-state index contributed by atoms with van der Waals surface area (Å²) in [5.74, 6) is -0.616. The van der Waals surface area contributed by atoms with Crippen molar-refractivity contribution in [2.75, 3.05) is 91.7 Å². The minimum Gasteiger partial charge on any atom is -0.483 e. The zero-order chi connectivity index (χ0) is 30.9. The molecular formula is C27H55N5O8. The van der Waals surface area contributed by atoms with Gasteiger partial charge in [0, 0.05) is 65.5 Å². The summed E-state index contributed by atoms with van der Waals surface area (Å²) in [7, 11) is 0. The van der Waals surface area contributed by atoms with Gasteiger partial charge in [0.25, 0.3) is 6.47 Å². The van der Waals surface area contributed by atoms with Crippen molar-refractivity contribution in [3.05, 3.63) is 0 Å². The van der Waals surface area contributed by atoms with Crippen molar-refractivity contribution in [3.8, 4) is 0 Å². The second kappa shape index (κ2) is 25.6. The van der Waals surface area contributed by atoms with Crippen molar-refractivity contribution in [1.82, 2.24) is 24.9 Å². The molecule has 13 heteroatoms. The van der Waals surface area contributed by atoms with E-state index in [1.807, 2.05) is 9.80 Å². The number of carbonyl (C=O) groups excluding carboxylic acids is 1. The average Bonchev–Trinajstić information content (AvgIpc) is 2.84. The van der Waals surface area contributed by atoms with Crippen molar-refractivity contribution < 1.29 is 39.6 Å². The van der Waals surface area contributed by atoms with E-state index in [9.17, 15) is 24.6 Å². The summed E-state index contributed by atoms with van der Waals surface area (Å²) in [6.07, 6.45) is 1.87. The highest BCUT2D eigenvalue weighted by Crippen LogP contribution is 2.02. The maximum atomic E-state index is 12.4. The molecule has 0 aliphatic carbocycles. The van der Waals surface area contributed by atoms with Gasteiger partial charge < -0.3 is 30.6 Å². The number of aliphatic hydroxyl groups is 1. The minimum absolute atomic E-state index is 0.00629. The summed E-state index contributed by atoms with van der Waals surface area (Å²) in [5.41, 5.74) is 0. The number of carboxylic acid groups (broad SMARTS) is 3. The Bertz CT molecular complexity index is 681. The fraction of sp³-hybridized carbons (Fsp3) is 0.852. The lowest BCUT2D eigenvalue weighted by molar-refractivity contribution is -0.140. The molecule has 13 nitrogen and oxygen atoms in total. The van der Waals surface area contributed by atoms with Gasteiger partial charge in [-0.25, -0.2) is 0 Å². The Morgan fingerprint density at radius 2 is 1.07 bits per heavy atom. The van der Waals surface area contributed by atoms with Gasteiger partial charge in [0.1, 0.15) is 0 Å². The van der Waals surface area contributed by atoms with Crippen LogP contribution >= 0.6 is 0 Å². The lowest BCUT2D eigenvalue weighted by Crippen LogP contribution is -2.49. The molecule has 1 amide bonds. The molecule has 1 aliphatic heterocycles. The number of rotatable bonds is 12. The first kappa shape index (κ1) is 39.8. The summed E-state index contributed by atoms with van der Waals surface area (Å²) in [5, 5.41) is 36.5. The molecule has 1 saturated heterocycles. The third-order valence-corrected chi connectivity index (χ3v) is 6.21. The van der Waals surface area contributed by atoms with Crippen LogP contribution in [0.1, 0.15) is 47.5 Å². The van der Waals surface area contributed by atoms with E-state index in [4.69, 9.17) is 15.0 Å². The van der Waals surface area contributed by atoms with Crippen molar-refractivity contribution in [1.29, 1.82) is 0 Å². The average molecular weight is 578 g/mol. The fourth-order valence-corrected chi connectivity index (χ4v) is 3.77. The van der Waals surface area contributed by atoms with E-state index in [-0.39, 0.29) is 25.5 Å². The number of carboxylic acids is 2. The molecule has 0 unspecified atom stereocenters. The molecule has 0 aromatic rings. The van der Waals surface area contributed by atoms with E-state index in [2.05, 4.69) is 49.7 Å². The number of aliphatic hydroxyl groups excluding tert-OH is 1. The van der Waals surface area contributed by atoms with Gasteiger partial charge in [0.05, 0.1) is 19.6 Å². The highest BCUT2D eigenvalue weighted by molar-refractivity contribution is 5.78. The first-order valence-electron chi connectivity index (χ1n) is 14.2. The molecule has 0 spiro atoms. The van der Waals surface area contributed by atoms with E-state index >= 15 is 0 Å². The summed E-state index contributed by atoms with van der Waals surface area (Å²) < 4.78 is 0. The van der Waals surface area contributed by atoms with E-state index in [0.29, 0.717) is 70.8 Å². The Labute approximate surface area is 240 Å². The largest absolute Gasteiger partial charge is 0.483 e. The zero-order valence-electron chi connectivity index (χ0n) is 25.3. The number of carbonyl (C=O) groups is 4. The van der Waals surface area contributed by atoms with Gasteiger partial charge in [0.15, 0.2) is 0 Å². The second-order valence-electron chi connectivity index (χ2n) is 10.6. The van der Waals surface area contributed by atoms with Gasteiger partial charge >= 0.3 is 11.9 Å². The topological polar surface area (TPSA) is 174 Å². The van der Waals surface area contributed by atoms with Gasteiger partial charge in [-0.1, -0.05) is 34.6 Å². The van der Waals surface area contributed by atoms with Crippen LogP contribution in [0.4, 0.5) is 0 Å². The van der Waals surface area contributed by atoms with Gasteiger partial charge in [-0.3, -0.25) is 33.9 Å². The van der Waals surface area contributed by atoms with Crippen LogP contribution in [0.5, 0.6) is 0 Å². The molecule has 0 aromatic heterocycles. The summed E-state index contributed by atoms with van der Waals surface area (Å²) in [4.78, 5) is 51.3. The van der Waals surface area contributed by atoms with Crippen LogP contribution in [-0.2, 0) is 19.2 Å². The molecule has 236 valence electrons. The second-order valence-corrected chi connectivity index (χ2v) is 10.6. The number of nitrogens with zero attached hydrogens (tertiary/aromatic N) is 4. The van der Waals surface area contributed by atoms with Crippen LogP contribution in [0.3, 0.4) is 0 Å². The highest BCUT2D eigenvalue weighted by Gasteiger charge is 2.19. The highest BCUT2D eigenvalue weighted by atomic mass is 16.4. The predicted molar refractivity (Wildman–Crippen MR) is 154 cm³/mol. The van der Waals surface area contributed by atoms with Crippen molar-refractivity contribution in [3.63, 3.8) is 0 Å². The number of nitrogens with one attached hydrogen (secondary N) is 1. The minimum atomic E-state index is -0.910. The lowest BCUT2D eigenvalue weighted by atomic mass is 10.1. The number of amides is 1. The molecule has 0 bridgehead atoms. The molecular weight excluding hydrogens is 522 g/mol. The zero-order valence-corrected chi connectivity index (χ0v) is 25.3. The van der Waals surface area contributed by atoms with Crippen molar-refractivity contribution in [2.24, 2.45) is 11.8 Å². The molecule has 0 saturated carbocycles. The monoisotopic (exact) mass is 577 g/mol. The molecule has 0 radical (unpaired) electrons. The van der Waals surface area contributed by atoms with Crippen LogP contribution in [0, 0.1) is 11.8 Å². The van der Waals surface area contributed by atoms with Crippen LogP contribution < -0.4 is 5.32 Å². The maximum Gasteiger partial charge on any atom is 0.317 e. The first-order valence-corrected chi connectivity index (χ1v) is 14.2. The molecule has 1 aliphatic rings. The number of likely N-dealkylation sites (N-methyl/N-ethyl adjacent to an activating group) is 1. The van der Waals surface area contributed by atoms with Crippen molar-refractivity contribution in [2.45, 2.75) is 47.5 Å². The van der Waals surface area contributed by atoms with E-state index in [1.165, 1.54) is 0 Å². The third-order valence-electron chi connectivity index (χ3n) is 6.21. The smallest absolute Gasteiger partial charge is 0.317 e. The van der Waals surface area contributed by atoms with E-state index < -0.39 is 11.9 Å². The molecule has 1 fully saturated rings. The fourth-order valence-electron chi connectivity index (χ4n) is 3.77. The Balaban J connectivity index is 0. The predicted octanol–water partition coefficient (Wildman–Crippen LogP) is 0.285. The van der Waals surface area contributed by atoms with Crippen molar-refractivity contribution >= 4 is 24.3 Å². The van der Waals surface area contributed by atoms with Crippen LogP contribution in [0.2, 0.25) is 0 Å². The van der Waals surface area contributed by atoms with Gasteiger partial charge in [-0.15, -0.1) is 0 Å². The number of aliphatic carboxylic acids is 2. The lowest BCUT2D eigenvalue weighted by Gasteiger charge is -2.33. The van der Waals surface area contributed by atoms with Gasteiger partial charge in [-0.05, 0) is 31.2 Å². The van der Waals surface area contributed by atoms with E-state index in [0.717, 1.165) is 32.5 Å². The molecule has 0 aromatic carbocycles. The van der Waals surface area contributed by atoms with Crippen LogP contribution in [0.25, 0.3) is 0 Å². The Morgan fingerprint density at radius 1 is 0.725 bits per heavy atom. The Kier molecular flexibility index (Phi) is 25.5. The molecule has 1 heterocycles. The molecule has 40 heavy (non-hydrogen) atoms. The Hall–Kier alpha value is -2.32. The quantitative estimate of drug-likeness (QED) is 0.201. The maximum absolute atomic E-state index is 12.4. The van der Waals surface area contributed by atoms with Gasteiger partial charge in [-0.2, -0.15) is 0 Å². The molecule has 5 N–H and O–H groups in total. The van der Waals surface area contributed by atoms with Crippen LogP contribution in [-0.4, -0.2) is 156 Å². The number of hydrogen-bond acceptors (Lipinski definition) is 9. The van der Waals surface area contributed by atoms with E-state index in [1.54, 1.807) is 0 Å². The molecule has 0 atom stereocenters. The summed E-state index contributed by atoms with van der Waals surface area (Å²) in [6.45, 7) is 17.1.